The predicted molar refractivity (Wildman–Crippen MR) is 119 cm³/mol. The van der Waals surface area contributed by atoms with Crippen molar-refractivity contribution in [3.63, 3.8) is 0 Å². The Bertz CT molecular complexity index is 740. The molecule has 0 fully saturated rings. The van der Waals surface area contributed by atoms with Crippen molar-refractivity contribution in [2.75, 3.05) is 0 Å². The highest BCUT2D eigenvalue weighted by atomic mass is 14.3. The fourth-order valence-electron chi connectivity index (χ4n) is 3.56. The van der Waals surface area contributed by atoms with Gasteiger partial charge in [-0.1, -0.05) is 107 Å². The summed E-state index contributed by atoms with van der Waals surface area (Å²) in [7, 11) is 0. The first kappa shape index (κ1) is 21.0. The third kappa shape index (κ3) is 4.16. The molecule has 2 aromatic rings. The van der Waals surface area contributed by atoms with E-state index in [4.69, 9.17) is 0 Å². The van der Waals surface area contributed by atoms with Crippen LogP contribution in [0, 0.1) is 0 Å². The fourth-order valence-corrected chi connectivity index (χ4v) is 3.56. The summed E-state index contributed by atoms with van der Waals surface area (Å²) in [6.07, 6.45) is 0. The maximum Gasteiger partial charge on any atom is -0.0109 e. The smallest absolute Gasteiger partial charge is 0.0109 e. The van der Waals surface area contributed by atoms with Crippen molar-refractivity contribution < 1.29 is 0 Å². The molecule has 0 heteroatoms. The number of hydrogen-bond acceptors (Lipinski definition) is 0. The highest BCUT2D eigenvalue weighted by Gasteiger charge is 2.28. The van der Waals surface area contributed by atoms with Gasteiger partial charge in [-0.05, 0) is 54.7 Å². The van der Waals surface area contributed by atoms with Gasteiger partial charge in [0.05, 0.1) is 0 Å². The minimum atomic E-state index is 0.114. The van der Waals surface area contributed by atoms with Crippen LogP contribution in [-0.4, -0.2) is 0 Å². The number of fused-ring (bicyclic) bond motifs is 1. The van der Waals surface area contributed by atoms with Gasteiger partial charge < -0.3 is 0 Å². The minimum absolute atomic E-state index is 0.114. The first-order valence-electron chi connectivity index (χ1n) is 10.1. The first-order valence-corrected chi connectivity index (χ1v) is 10.1. The Morgan fingerprint density at radius 1 is 0.423 bits per heavy atom. The molecule has 0 aromatic heterocycles. The molecule has 0 bridgehead atoms. The zero-order valence-corrected chi connectivity index (χ0v) is 19.3. The fraction of sp³-hybridized carbons (Fsp3) is 0.615. The molecule has 0 heterocycles. The maximum absolute atomic E-state index is 2.47. The maximum atomic E-state index is 2.47. The molecule has 0 N–H and O–H groups in total. The van der Waals surface area contributed by atoms with Crippen LogP contribution in [0.5, 0.6) is 0 Å². The molecule has 0 aliphatic carbocycles. The van der Waals surface area contributed by atoms with Crippen molar-refractivity contribution in [2.45, 2.75) is 105 Å². The Kier molecular flexibility index (Phi) is 4.94. The van der Waals surface area contributed by atoms with Crippen molar-refractivity contribution in [3.8, 4) is 0 Å². The van der Waals surface area contributed by atoms with Crippen LogP contribution in [0.2, 0.25) is 0 Å². The largest absolute Gasteiger partial charge is 0.0561 e. The van der Waals surface area contributed by atoms with Gasteiger partial charge in [-0.2, -0.15) is 0 Å². The molecule has 0 nitrogen and oxygen atoms in total. The third-order valence-electron chi connectivity index (χ3n) is 5.40. The lowest BCUT2D eigenvalue weighted by Gasteiger charge is -2.32. The zero-order valence-electron chi connectivity index (χ0n) is 19.3. The molecule has 0 radical (unpaired) electrons. The summed E-state index contributed by atoms with van der Waals surface area (Å²) in [6, 6.07) is 9.81. The Labute approximate surface area is 162 Å². The highest BCUT2D eigenvalue weighted by molar-refractivity contribution is 5.92. The Morgan fingerprint density at radius 3 is 0.962 bits per heavy atom. The van der Waals surface area contributed by atoms with E-state index in [0.717, 1.165) is 0 Å². The van der Waals surface area contributed by atoms with Gasteiger partial charge in [0.15, 0.2) is 0 Å². The molecule has 0 saturated heterocycles. The Morgan fingerprint density at radius 2 is 0.731 bits per heavy atom. The molecule has 0 amide bonds. The summed E-state index contributed by atoms with van der Waals surface area (Å²) in [5, 5.41) is 2.87. The van der Waals surface area contributed by atoms with E-state index in [0.29, 0.717) is 0 Å². The second kappa shape index (κ2) is 6.11. The van der Waals surface area contributed by atoms with Gasteiger partial charge >= 0.3 is 0 Å². The molecule has 2 aromatic carbocycles. The van der Waals surface area contributed by atoms with E-state index < -0.39 is 0 Å². The van der Waals surface area contributed by atoms with Crippen molar-refractivity contribution in [1.29, 1.82) is 0 Å². The quantitative estimate of drug-likeness (QED) is 0.450. The van der Waals surface area contributed by atoms with Crippen LogP contribution >= 0.6 is 0 Å². The molecule has 0 aliphatic heterocycles. The first-order chi connectivity index (χ1) is 11.4. The van der Waals surface area contributed by atoms with Crippen molar-refractivity contribution >= 4 is 10.8 Å². The lowest BCUT2D eigenvalue weighted by Crippen LogP contribution is -2.21. The second-order valence-corrected chi connectivity index (χ2v) is 12.1. The summed E-state index contributed by atoms with van der Waals surface area (Å²) in [6.45, 7) is 28.0. The third-order valence-corrected chi connectivity index (χ3v) is 5.40. The standard InChI is InChI=1S/C26H40/c1-23(2,3)18-13-17-14-19(24(4,5)6)16-21(26(10,11)12)22(17)20(15-18)25(7,8)9/h13-16H,1-12H3. The molecule has 144 valence electrons. The van der Waals surface area contributed by atoms with Gasteiger partial charge in [0.25, 0.3) is 0 Å². The van der Waals surface area contributed by atoms with Gasteiger partial charge in [0, 0.05) is 0 Å². The van der Waals surface area contributed by atoms with E-state index in [1.807, 2.05) is 0 Å². The lowest BCUT2D eigenvalue weighted by atomic mass is 9.72. The van der Waals surface area contributed by atoms with E-state index in [2.05, 4.69) is 107 Å². The van der Waals surface area contributed by atoms with E-state index in [9.17, 15) is 0 Å². The van der Waals surface area contributed by atoms with Crippen molar-refractivity contribution in [3.05, 3.63) is 46.5 Å². The number of benzene rings is 2. The molecule has 0 unspecified atom stereocenters. The van der Waals surface area contributed by atoms with Crippen LogP contribution in [0.4, 0.5) is 0 Å². The van der Waals surface area contributed by atoms with E-state index in [1.165, 1.54) is 33.0 Å². The van der Waals surface area contributed by atoms with Crippen LogP contribution in [-0.2, 0) is 21.7 Å². The Balaban J connectivity index is 3.09. The van der Waals surface area contributed by atoms with E-state index >= 15 is 0 Å². The molecule has 2 rings (SSSR count). The van der Waals surface area contributed by atoms with Crippen LogP contribution in [0.15, 0.2) is 24.3 Å². The van der Waals surface area contributed by atoms with Gasteiger partial charge in [-0.15, -0.1) is 0 Å². The topological polar surface area (TPSA) is 0 Å². The summed E-state index contributed by atoms with van der Waals surface area (Å²) < 4.78 is 0. The summed E-state index contributed by atoms with van der Waals surface area (Å²) >= 11 is 0. The van der Waals surface area contributed by atoms with Gasteiger partial charge in [-0.3, -0.25) is 0 Å². The van der Waals surface area contributed by atoms with Crippen molar-refractivity contribution in [1.82, 2.24) is 0 Å². The average molecular weight is 353 g/mol. The number of rotatable bonds is 0. The van der Waals surface area contributed by atoms with Gasteiger partial charge in [-0.25, -0.2) is 0 Å². The van der Waals surface area contributed by atoms with Crippen LogP contribution < -0.4 is 0 Å². The van der Waals surface area contributed by atoms with Gasteiger partial charge in [0.2, 0.25) is 0 Å². The summed E-state index contributed by atoms with van der Waals surface area (Å²) in [5.74, 6) is 0. The molecule has 0 aliphatic rings. The van der Waals surface area contributed by atoms with Crippen LogP contribution in [0.25, 0.3) is 10.8 Å². The molecule has 0 saturated carbocycles. The zero-order chi connectivity index (χ0) is 20.3. The number of hydrogen-bond donors (Lipinski definition) is 0. The van der Waals surface area contributed by atoms with Crippen LogP contribution in [0.1, 0.15) is 105 Å². The molecule has 26 heavy (non-hydrogen) atoms. The van der Waals surface area contributed by atoms with Crippen LogP contribution in [0.3, 0.4) is 0 Å². The SMILES string of the molecule is CC(C)(C)c1cc(C(C)(C)C)c2c(C(C)(C)C)cc(C(C)(C)C)cc2c1. The van der Waals surface area contributed by atoms with Gasteiger partial charge in [0.1, 0.15) is 0 Å². The molecule has 0 atom stereocenters. The summed E-state index contributed by atoms with van der Waals surface area (Å²) in [5.41, 5.74) is 6.34. The molecule has 0 spiro atoms. The lowest BCUT2D eigenvalue weighted by molar-refractivity contribution is 0.562. The van der Waals surface area contributed by atoms with E-state index in [1.54, 1.807) is 0 Å². The molecular weight excluding hydrogens is 312 g/mol. The minimum Gasteiger partial charge on any atom is -0.0561 e. The normalized spacial score (nSPS) is 14.2. The van der Waals surface area contributed by atoms with E-state index in [-0.39, 0.29) is 21.7 Å². The monoisotopic (exact) mass is 352 g/mol. The average Bonchev–Trinajstić information content (AvgIpc) is 2.40. The molecular formula is C26H40. The van der Waals surface area contributed by atoms with Crippen molar-refractivity contribution in [2.24, 2.45) is 0 Å². The predicted octanol–water partition coefficient (Wildman–Crippen LogP) is 8.03. The highest BCUT2D eigenvalue weighted by Crippen LogP contribution is 2.42. The Hall–Kier alpha value is -1.30. The second-order valence-electron chi connectivity index (χ2n) is 12.1. The summed E-state index contributed by atoms with van der Waals surface area (Å²) in [4.78, 5) is 0.